The van der Waals surface area contributed by atoms with Gasteiger partial charge in [-0.1, -0.05) is 99.8 Å². The molecule has 5 heteroatoms. The highest BCUT2D eigenvalue weighted by Crippen LogP contribution is 2.43. The van der Waals surface area contributed by atoms with Crippen LogP contribution in [-0.2, 0) is 0 Å². The molecular weight excluding hydrogens is 539 g/mol. The van der Waals surface area contributed by atoms with Gasteiger partial charge in [-0.05, 0) is 59.2 Å². The predicted octanol–water partition coefficient (Wildman–Crippen LogP) is 9.85. The predicted molar refractivity (Wildman–Crippen MR) is 151 cm³/mol. The molecule has 0 fully saturated rings. The summed E-state index contributed by atoms with van der Waals surface area (Å²) < 4.78 is 1.00. The SMILES string of the molecule is Clc1ccc2nc(Cl)c(-c3cc(-c4ccccc4)c4cc(Br)ccc4n3)c(-c3ccccc3)c2c1. The maximum Gasteiger partial charge on any atom is 0.139 e. The third-order valence-corrected chi connectivity index (χ3v) is 7.08. The van der Waals surface area contributed by atoms with Crippen molar-refractivity contribution in [3.05, 3.63) is 118 Å². The molecule has 168 valence electrons. The number of benzene rings is 4. The molecule has 6 rings (SSSR count). The van der Waals surface area contributed by atoms with Gasteiger partial charge >= 0.3 is 0 Å². The Morgan fingerprint density at radius 1 is 0.571 bits per heavy atom. The zero-order chi connectivity index (χ0) is 23.9. The van der Waals surface area contributed by atoms with E-state index in [1.807, 2.05) is 66.7 Å². The zero-order valence-corrected chi connectivity index (χ0v) is 21.4. The zero-order valence-electron chi connectivity index (χ0n) is 18.3. The van der Waals surface area contributed by atoms with Gasteiger partial charge in [0.25, 0.3) is 0 Å². The molecule has 0 aliphatic heterocycles. The number of fused-ring (bicyclic) bond motifs is 2. The highest BCUT2D eigenvalue weighted by Gasteiger charge is 2.20. The molecule has 0 bridgehead atoms. The summed E-state index contributed by atoms with van der Waals surface area (Å²) in [5.41, 5.74) is 7.39. The highest BCUT2D eigenvalue weighted by molar-refractivity contribution is 9.10. The lowest BCUT2D eigenvalue weighted by Gasteiger charge is -2.17. The molecule has 0 atom stereocenters. The van der Waals surface area contributed by atoms with Crippen molar-refractivity contribution in [2.24, 2.45) is 0 Å². The fourth-order valence-corrected chi connectivity index (χ4v) is 5.34. The quantitative estimate of drug-likeness (QED) is 0.203. The van der Waals surface area contributed by atoms with Crippen molar-refractivity contribution in [2.75, 3.05) is 0 Å². The first-order chi connectivity index (χ1) is 17.1. The molecule has 2 heterocycles. The first-order valence-corrected chi connectivity index (χ1v) is 12.6. The van der Waals surface area contributed by atoms with Gasteiger partial charge in [0, 0.05) is 31.4 Å². The van der Waals surface area contributed by atoms with Crippen molar-refractivity contribution < 1.29 is 0 Å². The molecule has 35 heavy (non-hydrogen) atoms. The van der Waals surface area contributed by atoms with E-state index in [0.29, 0.717) is 10.2 Å². The number of nitrogens with zero attached hydrogens (tertiary/aromatic N) is 2. The van der Waals surface area contributed by atoms with E-state index in [1.54, 1.807) is 0 Å². The smallest absolute Gasteiger partial charge is 0.139 e. The number of aromatic nitrogens is 2. The van der Waals surface area contributed by atoms with Crippen LogP contribution in [0.15, 0.2) is 108 Å². The molecule has 2 nitrogen and oxygen atoms in total. The van der Waals surface area contributed by atoms with Crippen molar-refractivity contribution >= 4 is 60.9 Å². The van der Waals surface area contributed by atoms with Crippen molar-refractivity contribution in [1.29, 1.82) is 0 Å². The lowest BCUT2D eigenvalue weighted by Crippen LogP contribution is -1.96. The van der Waals surface area contributed by atoms with Crippen LogP contribution in [0.4, 0.5) is 0 Å². The Morgan fingerprint density at radius 2 is 1.23 bits per heavy atom. The second-order valence-electron chi connectivity index (χ2n) is 8.26. The Morgan fingerprint density at radius 3 is 1.97 bits per heavy atom. The second-order valence-corrected chi connectivity index (χ2v) is 9.97. The number of halogens is 3. The summed E-state index contributed by atoms with van der Waals surface area (Å²) in [5, 5.41) is 3.04. The lowest BCUT2D eigenvalue weighted by atomic mass is 9.92. The minimum Gasteiger partial charge on any atom is -0.248 e. The molecule has 0 spiro atoms. The van der Waals surface area contributed by atoms with Crippen LogP contribution < -0.4 is 0 Å². The molecule has 0 saturated carbocycles. The molecule has 2 aromatic heterocycles. The van der Waals surface area contributed by atoms with Crippen LogP contribution >= 0.6 is 39.1 Å². The van der Waals surface area contributed by atoms with Gasteiger partial charge in [0.1, 0.15) is 5.15 Å². The molecule has 0 unspecified atom stereocenters. The fraction of sp³-hybridized carbons (Fsp3) is 0. The van der Waals surface area contributed by atoms with Crippen molar-refractivity contribution in [1.82, 2.24) is 9.97 Å². The van der Waals surface area contributed by atoms with E-state index in [-0.39, 0.29) is 0 Å². The Bertz CT molecular complexity index is 1720. The van der Waals surface area contributed by atoms with Crippen LogP contribution in [-0.4, -0.2) is 9.97 Å². The van der Waals surface area contributed by atoms with Crippen LogP contribution in [0.3, 0.4) is 0 Å². The first-order valence-electron chi connectivity index (χ1n) is 11.1. The van der Waals surface area contributed by atoms with Gasteiger partial charge in [-0.3, -0.25) is 0 Å². The van der Waals surface area contributed by atoms with Crippen LogP contribution in [0.5, 0.6) is 0 Å². The van der Waals surface area contributed by atoms with Crippen molar-refractivity contribution in [2.45, 2.75) is 0 Å². The Labute approximate surface area is 221 Å². The average molecular weight is 556 g/mol. The third kappa shape index (κ3) is 4.10. The van der Waals surface area contributed by atoms with E-state index in [0.717, 1.165) is 59.8 Å². The topological polar surface area (TPSA) is 25.8 Å². The van der Waals surface area contributed by atoms with Gasteiger partial charge < -0.3 is 0 Å². The first kappa shape index (κ1) is 22.2. The third-order valence-electron chi connectivity index (χ3n) is 6.08. The molecule has 4 aromatic carbocycles. The van der Waals surface area contributed by atoms with Crippen LogP contribution in [0.1, 0.15) is 0 Å². The minimum absolute atomic E-state index is 0.404. The maximum atomic E-state index is 6.92. The Balaban J connectivity index is 1.75. The van der Waals surface area contributed by atoms with E-state index >= 15 is 0 Å². The number of hydrogen-bond acceptors (Lipinski definition) is 2. The van der Waals surface area contributed by atoms with E-state index in [9.17, 15) is 0 Å². The van der Waals surface area contributed by atoms with Gasteiger partial charge in [0.05, 0.1) is 16.7 Å². The summed E-state index contributed by atoms with van der Waals surface area (Å²) in [4.78, 5) is 9.81. The van der Waals surface area contributed by atoms with E-state index in [2.05, 4.69) is 52.3 Å². The van der Waals surface area contributed by atoms with Crippen LogP contribution in [0, 0.1) is 0 Å². The average Bonchev–Trinajstić information content (AvgIpc) is 2.88. The molecular formula is C30H17BrCl2N2. The summed E-state index contributed by atoms with van der Waals surface area (Å²) in [5.74, 6) is 0. The van der Waals surface area contributed by atoms with Gasteiger partial charge in [0.15, 0.2) is 0 Å². The largest absolute Gasteiger partial charge is 0.248 e. The number of hydrogen-bond donors (Lipinski definition) is 0. The Kier molecular flexibility index (Phi) is 5.77. The standard InChI is InChI=1S/C30H17BrCl2N2/c31-20-11-13-25-23(15-20)22(18-7-3-1-4-8-18)17-27(34-25)29-28(19-9-5-2-6-10-19)24-16-21(32)12-14-26(24)35-30(29)33/h1-17H. The number of rotatable bonds is 3. The normalized spacial score (nSPS) is 11.3. The summed E-state index contributed by atoms with van der Waals surface area (Å²) in [6.07, 6.45) is 0. The van der Waals surface area contributed by atoms with Crippen LogP contribution in [0.25, 0.3) is 55.3 Å². The van der Waals surface area contributed by atoms with E-state index in [1.165, 1.54) is 0 Å². The van der Waals surface area contributed by atoms with Gasteiger partial charge in [-0.15, -0.1) is 0 Å². The van der Waals surface area contributed by atoms with E-state index < -0.39 is 0 Å². The molecule has 0 aliphatic rings. The molecule has 0 saturated heterocycles. The van der Waals surface area contributed by atoms with Crippen LogP contribution in [0.2, 0.25) is 10.2 Å². The molecule has 0 N–H and O–H groups in total. The molecule has 0 amide bonds. The second kappa shape index (κ2) is 9.09. The molecule has 0 radical (unpaired) electrons. The monoisotopic (exact) mass is 554 g/mol. The summed E-state index contributed by atoms with van der Waals surface area (Å²) in [7, 11) is 0. The van der Waals surface area contributed by atoms with Crippen molar-refractivity contribution in [3.63, 3.8) is 0 Å². The summed E-state index contributed by atoms with van der Waals surface area (Å²) >= 11 is 17.0. The fourth-order valence-electron chi connectivity index (χ4n) is 4.53. The summed E-state index contributed by atoms with van der Waals surface area (Å²) in [6, 6.07) is 34.4. The molecule has 6 aromatic rings. The molecule has 0 aliphatic carbocycles. The highest BCUT2D eigenvalue weighted by atomic mass is 79.9. The van der Waals surface area contributed by atoms with Gasteiger partial charge in [-0.25, -0.2) is 9.97 Å². The lowest BCUT2D eigenvalue weighted by molar-refractivity contribution is 1.35. The minimum atomic E-state index is 0.404. The summed E-state index contributed by atoms with van der Waals surface area (Å²) in [6.45, 7) is 0. The van der Waals surface area contributed by atoms with E-state index in [4.69, 9.17) is 33.2 Å². The van der Waals surface area contributed by atoms with Crippen molar-refractivity contribution in [3.8, 4) is 33.5 Å². The van der Waals surface area contributed by atoms with Gasteiger partial charge in [-0.2, -0.15) is 0 Å². The number of pyridine rings is 2. The van der Waals surface area contributed by atoms with Gasteiger partial charge in [0.2, 0.25) is 0 Å². The Hall–Kier alpha value is -3.24. The maximum absolute atomic E-state index is 6.92.